The fourth-order valence-electron chi connectivity index (χ4n) is 2.55. The first-order valence-corrected chi connectivity index (χ1v) is 7.46. The number of ether oxygens (including phenoxy) is 1. The van der Waals surface area contributed by atoms with E-state index >= 15 is 0 Å². The predicted octanol–water partition coefficient (Wildman–Crippen LogP) is 4.64. The van der Waals surface area contributed by atoms with Gasteiger partial charge in [-0.25, -0.2) is 13.8 Å². The highest BCUT2D eigenvalue weighted by Gasteiger charge is 2.62. The summed E-state index contributed by atoms with van der Waals surface area (Å²) >= 11 is 5.14. The Morgan fingerprint density at radius 2 is 1.77 bits per heavy atom. The van der Waals surface area contributed by atoms with E-state index in [9.17, 15) is 35.5 Å². The zero-order valence-electron chi connectivity index (χ0n) is 13.2. The molecule has 1 heterocycles. The van der Waals surface area contributed by atoms with Gasteiger partial charge in [-0.15, -0.1) is 0 Å². The van der Waals surface area contributed by atoms with Gasteiger partial charge in [0.25, 0.3) is 5.95 Å². The lowest BCUT2D eigenvalue weighted by Crippen LogP contribution is -2.14. The second kappa shape index (κ2) is 6.71. The number of halogens is 8. The number of alkyl halides is 3. The minimum Gasteiger partial charge on any atom is -0.459 e. The summed E-state index contributed by atoms with van der Waals surface area (Å²) in [5, 5.41) is -1.40. The van der Waals surface area contributed by atoms with Crippen LogP contribution in [0.2, 0.25) is 0 Å². The molecule has 2 unspecified atom stereocenters. The summed E-state index contributed by atoms with van der Waals surface area (Å²) in [5.41, 5.74) is -1.91. The van der Waals surface area contributed by atoms with Gasteiger partial charge in [0, 0.05) is 0 Å². The molecule has 2 atom stereocenters. The highest BCUT2D eigenvalue weighted by Crippen LogP contribution is 2.60. The molecule has 3 nitrogen and oxygen atoms in total. The van der Waals surface area contributed by atoms with Crippen LogP contribution in [-0.2, 0) is 16.1 Å². The molecule has 144 valence electrons. The number of allylic oxidation sites excluding steroid dienone is 2. The molecular formula is C15H11ClF7NO2. The average Bonchev–Trinajstić information content (AvgIpc) is 3.07. The molecule has 1 aliphatic rings. The van der Waals surface area contributed by atoms with Crippen LogP contribution in [0, 0.1) is 40.7 Å². The van der Waals surface area contributed by atoms with Gasteiger partial charge < -0.3 is 4.74 Å². The molecule has 0 amide bonds. The first-order valence-electron chi connectivity index (χ1n) is 7.08. The summed E-state index contributed by atoms with van der Waals surface area (Å²) in [6.07, 6.45) is -4.10. The molecule has 1 aromatic heterocycles. The minimum atomic E-state index is -4.77. The number of hydrogen-bond acceptors (Lipinski definition) is 3. The van der Waals surface area contributed by atoms with Crippen molar-refractivity contribution >= 4 is 17.6 Å². The van der Waals surface area contributed by atoms with Gasteiger partial charge in [-0.2, -0.15) is 22.0 Å². The topological polar surface area (TPSA) is 39.2 Å². The molecule has 0 saturated heterocycles. The van der Waals surface area contributed by atoms with Crippen LogP contribution in [-0.4, -0.2) is 17.1 Å². The number of rotatable bonds is 4. The third-order valence-electron chi connectivity index (χ3n) is 4.17. The predicted molar refractivity (Wildman–Crippen MR) is 74.6 cm³/mol. The standard InChI is InChI=1S/C15H11ClF7NO2/c1-14(2)5(3-7(16)15(21,22)23)8(14)13(25)26-4-6-9(17)10(18)11(19)12(20)24-6/h3,5,8H,4H2,1-2H3/b7-3-. The van der Waals surface area contributed by atoms with Crippen LogP contribution < -0.4 is 0 Å². The number of carbonyl (C=O) groups is 1. The maximum atomic E-state index is 13.5. The molecular weight excluding hydrogens is 395 g/mol. The smallest absolute Gasteiger partial charge is 0.426 e. The molecule has 0 aromatic carbocycles. The molecule has 1 aliphatic carbocycles. The Balaban J connectivity index is 2.10. The summed E-state index contributed by atoms with van der Waals surface area (Å²) in [6.45, 7) is 1.95. The van der Waals surface area contributed by atoms with Crippen LogP contribution in [0.25, 0.3) is 0 Å². The zero-order valence-corrected chi connectivity index (χ0v) is 14.0. The molecule has 0 aliphatic heterocycles. The first kappa shape index (κ1) is 20.5. The van der Waals surface area contributed by atoms with Gasteiger partial charge in [-0.1, -0.05) is 31.5 Å². The Hall–Kier alpha value is -1.84. The maximum absolute atomic E-state index is 13.5. The van der Waals surface area contributed by atoms with Gasteiger partial charge in [0.1, 0.15) is 17.3 Å². The third-order valence-corrected chi connectivity index (χ3v) is 4.51. The van der Waals surface area contributed by atoms with E-state index in [0.29, 0.717) is 6.08 Å². The summed E-state index contributed by atoms with van der Waals surface area (Å²) in [4.78, 5) is 14.8. The average molecular weight is 406 g/mol. The molecule has 11 heteroatoms. The van der Waals surface area contributed by atoms with E-state index in [1.54, 1.807) is 0 Å². The van der Waals surface area contributed by atoms with E-state index in [-0.39, 0.29) is 0 Å². The highest BCUT2D eigenvalue weighted by molar-refractivity contribution is 6.30. The van der Waals surface area contributed by atoms with E-state index in [4.69, 9.17) is 11.6 Å². The van der Waals surface area contributed by atoms with E-state index < -0.39 is 70.1 Å². The van der Waals surface area contributed by atoms with Crippen molar-refractivity contribution in [3.63, 3.8) is 0 Å². The fourth-order valence-corrected chi connectivity index (χ4v) is 2.68. The van der Waals surface area contributed by atoms with Crippen molar-refractivity contribution in [2.24, 2.45) is 17.3 Å². The number of carbonyl (C=O) groups excluding carboxylic acids is 1. The molecule has 26 heavy (non-hydrogen) atoms. The van der Waals surface area contributed by atoms with Gasteiger partial charge in [0.15, 0.2) is 5.82 Å². The molecule has 0 bridgehead atoms. The number of nitrogens with zero attached hydrogens (tertiary/aromatic N) is 1. The van der Waals surface area contributed by atoms with Crippen molar-refractivity contribution in [3.05, 3.63) is 40.2 Å². The van der Waals surface area contributed by atoms with Crippen molar-refractivity contribution in [1.29, 1.82) is 0 Å². The molecule has 0 N–H and O–H groups in total. The monoisotopic (exact) mass is 405 g/mol. The number of aromatic nitrogens is 1. The van der Waals surface area contributed by atoms with Crippen LogP contribution in [0.4, 0.5) is 30.7 Å². The van der Waals surface area contributed by atoms with Crippen LogP contribution >= 0.6 is 11.6 Å². The van der Waals surface area contributed by atoms with Gasteiger partial charge in [0.2, 0.25) is 11.6 Å². The summed E-state index contributed by atoms with van der Waals surface area (Å²) in [6, 6.07) is 0. The highest BCUT2D eigenvalue weighted by atomic mass is 35.5. The van der Waals surface area contributed by atoms with Crippen molar-refractivity contribution in [1.82, 2.24) is 4.98 Å². The van der Waals surface area contributed by atoms with E-state index in [2.05, 4.69) is 9.72 Å². The summed E-state index contributed by atoms with van der Waals surface area (Å²) < 4.78 is 94.4. The minimum absolute atomic E-state index is 0.670. The van der Waals surface area contributed by atoms with Gasteiger partial charge in [0.05, 0.1) is 5.92 Å². The second-order valence-electron chi connectivity index (χ2n) is 6.24. The maximum Gasteiger partial charge on any atom is 0.426 e. The summed E-state index contributed by atoms with van der Waals surface area (Å²) in [7, 11) is 0. The fraction of sp³-hybridized carbons (Fsp3) is 0.467. The molecule has 0 spiro atoms. The lowest BCUT2D eigenvalue weighted by Gasteiger charge is -2.07. The van der Waals surface area contributed by atoms with Crippen LogP contribution in [0.3, 0.4) is 0 Å². The SMILES string of the molecule is CC1(C)C(/C=C(\Cl)C(F)(F)F)C1C(=O)OCc1nc(F)c(F)c(F)c1F. The van der Waals surface area contributed by atoms with Gasteiger partial charge >= 0.3 is 12.1 Å². The van der Waals surface area contributed by atoms with E-state index in [1.807, 2.05) is 0 Å². The van der Waals surface area contributed by atoms with E-state index in [1.165, 1.54) is 13.8 Å². The molecule has 2 rings (SSSR count). The third kappa shape index (κ3) is 3.79. The molecule has 1 aromatic rings. The lowest BCUT2D eigenvalue weighted by molar-refractivity contribution is -0.147. The lowest BCUT2D eigenvalue weighted by atomic mass is 10.1. The van der Waals surface area contributed by atoms with Crippen molar-refractivity contribution < 1.29 is 40.3 Å². The Bertz CT molecular complexity index is 776. The Labute approximate surface area is 147 Å². The van der Waals surface area contributed by atoms with Gasteiger partial charge in [-0.3, -0.25) is 4.79 Å². The normalized spacial score (nSPS) is 22.3. The largest absolute Gasteiger partial charge is 0.459 e. The van der Waals surface area contributed by atoms with Crippen molar-refractivity contribution in [2.75, 3.05) is 0 Å². The number of hydrogen-bond donors (Lipinski definition) is 0. The first-order chi connectivity index (χ1) is 11.8. The quantitative estimate of drug-likeness (QED) is 0.416. The van der Waals surface area contributed by atoms with Gasteiger partial charge in [-0.05, 0) is 11.3 Å². The Morgan fingerprint density at radius 3 is 2.31 bits per heavy atom. The Morgan fingerprint density at radius 1 is 1.19 bits per heavy atom. The molecule has 0 radical (unpaired) electrons. The molecule has 1 saturated carbocycles. The number of pyridine rings is 1. The molecule has 1 fully saturated rings. The van der Waals surface area contributed by atoms with Crippen molar-refractivity contribution in [3.8, 4) is 0 Å². The van der Waals surface area contributed by atoms with Crippen LogP contribution in [0.5, 0.6) is 0 Å². The Kier molecular flexibility index (Phi) is 5.29. The van der Waals surface area contributed by atoms with E-state index in [0.717, 1.165) is 0 Å². The second-order valence-corrected chi connectivity index (χ2v) is 6.64. The van der Waals surface area contributed by atoms with Crippen molar-refractivity contribution in [2.45, 2.75) is 26.6 Å². The van der Waals surface area contributed by atoms with Crippen LogP contribution in [0.1, 0.15) is 19.5 Å². The zero-order chi connectivity index (χ0) is 20.0. The number of esters is 1. The summed E-state index contributed by atoms with van der Waals surface area (Å²) in [5.74, 6) is -10.9. The van der Waals surface area contributed by atoms with Crippen LogP contribution in [0.15, 0.2) is 11.1 Å².